The molecule has 0 saturated heterocycles. The van der Waals surface area contributed by atoms with Crippen molar-refractivity contribution in [3.63, 3.8) is 0 Å². The van der Waals surface area contributed by atoms with E-state index >= 15 is 0 Å². The number of hydrogen-bond donors (Lipinski definition) is 0. The largest absolute Gasteiger partial charge is 0.309 e. The molecule has 0 aliphatic heterocycles. The summed E-state index contributed by atoms with van der Waals surface area (Å²) in [5.74, 6) is 1.18. The van der Waals surface area contributed by atoms with Gasteiger partial charge in [-0.3, -0.25) is 4.99 Å². The molecule has 1 aliphatic rings. The highest BCUT2D eigenvalue weighted by Crippen LogP contribution is 2.42. The lowest BCUT2D eigenvalue weighted by molar-refractivity contribution is 1.03. The van der Waals surface area contributed by atoms with E-state index in [1.54, 1.807) is 0 Å². The third-order valence-corrected chi connectivity index (χ3v) is 10.5. The van der Waals surface area contributed by atoms with Gasteiger partial charge in [0.1, 0.15) is 0 Å². The summed E-state index contributed by atoms with van der Waals surface area (Å²) in [6.07, 6.45) is 7.18. The number of nitrogens with zero attached hydrogens (tertiary/aromatic N) is 4. The van der Waals surface area contributed by atoms with Gasteiger partial charge in [0.2, 0.25) is 0 Å². The summed E-state index contributed by atoms with van der Waals surface area (Å²) in [6.45, 7) is 15.1. The van der Waals surface area contributed by atoms with Crippen molar-refractivity contribution in [1.29, 1.82) is 0 Å². The van der Waals surface area contributed by atoms with Crippen LogP contribution < -0.4 is 0 Å². The van der Waals surface area contributed by atoms with Crippen molar-refractivity contribution in [1.82, 2.24) is 4.57 Å². The summed E-state index contributed by atoms with van der Waals surface area (Å²) in [4.78, 5) is 14.3. The van der Waals surface area contributed by atoms with Crippen LogP contribution in [0, 0.1) is 13.8 Å². The fourth-order valence-electron chi connectivity index (χ4n) is 7.82. The zero-order valence-corrected chi connectivity index (χ0v) is 31.1. The number of fused-ring (bicyclic) bond motifs is 4. The highest BCUT2D eigenvalue weighted by Gasteiger charge is 2.24. The monoisotopic (exact) mass is 698 g/mol. The van der Waals surface area contributed by atoms with Crippen LogP contribution in [-0.4, -0.2) is 23.0 Å². The first-order valence-corrected chi connectivity index (χ1v) is 18.4. The number of aromatic nitrogens is 1. The van der Waals surface area contributed by atoms with Gasteiger partial charge in [-0.25, -0.2) is 9.98 Å². The van der Waals surface area contributed by atoms with Gasteiger partial charge in [-0.15, -0.1) is 0 Å². The second-order valence-electron chi connectivity index (χ2n) is 13.8. The Labute approximate surface area is 317 Å². The molecule has 0 saturated carbocycles. The minimum atomic E-state index is 0.496. The summed E-state index contributed by atoms with van der Waals surface area (Å²) >= 11 is 0. The Morgan fingerprint density at radius 3 is 2.11 bits per heavy atom. The molecule has 4 nitrogen and oxygen atoms in total. The number of allylic oxidation sites excluding steroid dienone is 1. The standard InChI is InChI=1S/C50H42N4/c1-6-17-47-40(7-2)46-31-43(41-24-15-14-18-33(41)3)34(4)28-48(46)54(47)39-27-26-37-29-44-38(23-16-25-42(44)45(37)30-39)32-52-50(36-21-12-9-13-22-36)53-49(51-5)35-19-10-8-11-20-35/h6-28,30-31H,2,5,29,32H2,1,3-4H3/b17-6-,52-50?,53-49?. The summed E-state index contributed by atoms with van der Waals surface area (Å²) < 4.78 is 2.40. The van der Waals surface area contributed by atoms with E-state index in [-0.39, 0.29) is 0 Å². The molecule has 1 heterocycles. The van der Waals surface area contributed by atoms with Gasteiger partial charge in [-0.1, -0.05) is 128 Å². The molecule has 262 valence electrons. The van der Waals surface area contributed by atoms with Gasteiger partial charge >= 0.3 is 0 Å². The minimum Gasteiger partial charge on any atom is -0.309 e. The second-order valence-corrected chi connectivity index (χ2v) is 13.8. The second kappa shape index (κ2) is 14.8. The first-order valence-electron chi connectivity index (χ1n) is 18.4. The smallest absolute Gasteiger partial charge is 0.161 e. The van der Waals surface area contributed by atoms with Crippen LogP contribution in [0.5, 0.6) is 0 Å². The minimum absolute atomic E-state index is 0.496. The number of benzene rings is 6. The summed E-state index contributed by atoms with van der Waals surface area (Å²) in [6, 6.07) is 46.9. The highest BCUT2D eigenvalue weighted by molar-refractivity contribution is 6.12. The van der Waals surface area contributed by atoms with Crippen LogP contribution in [0.25, 0.3) is 51.0 Å². The number of aryl methyl sites for hydroxylation is 2. The molecule has 8 rings (SSSR count). The first kappa shape index (κ1) is 34.4. The first-order chi connectivity index (χ1) is 26.5. The van der Waals surface area contributed by atoms with Crippen molar-refractivity contribution in [2.24, 2.45) is 15.0 Å². The maximum absolute atomic E-state index is 5.12. The molecule has 1 aromatic heterocycles. The molecule has 0 spiro atoms. The third-order valence-electron chi connectivity index (χ3n) is 10.5. The average molecular weight is 699 g/mol. The van der Waals surface area contributed by atoms with Crippen LogP contribution in [-0.2, 0) is 13.0 Å². The molecule has 0 fully saturated rings. The zero-order valence-electron chi connectivity index (χ0n) is 31.1. The molecule has 4 heteroatoms. The van der Waals surface area contributed by atoms with E-state index in [2.05, 4.69) is 129 Å². The van der Waals surface area contributed by atoms with Gasteiger partial charge in [0.05, 0.1) is 17.8 Å². The zero-order chi connectivity index (χ0) is 37.2. The normalized spacial score (nSPS) is 12.6. The lowest BCUT2D eigenvalue weighted by Crippen LogP contribution is -2.05. The molecule has 1 aliphatic carbocycles. The molecule has 0 unspecified atom stereocenters. The molecule has 0 amide bonds. The predicted octanol–water partition coefficient (Wildman–Crippen LogP) is 12.3. The van der Waals surface area contributed by atoms with Crippen LogP contribution in [0.15, 0.2) is 161 Å². The Balaban J connectivity index is 1.21. The van der Waals surface area contributed by atoms with Gasteiger partial charge in [-0.2, -0.15) is 0 Å². The molecule has 0 bridgehead atoms. The van der Waals surface area contributed by atoms with Gasteiger partial charge in [0.25, 0.3) is 0 Å². The van der Waals surface area contributed by atoms with Gasteiger partial charge < -0.3 is 4.57 Å². The lowest BCUT2D eigenvalue weighted by Gasteiger charge is -2.14. The van der Waals surface area contributed by atoms with E-state index in [1.165, 1.54) is 61.0 Å². The molecule has 0 N–H and O–H groups in total. The van der Waals surface area contributed by atoms with Crippen LogP contribution in [0.3, 0.4) is 0 Å². The van der Waals surface area contributed by atoms with Crippen LogP contribution >= 0.6 is 0 Å². The average Bonchev–Trinajstić information content (AvgIpc) is 3.73. The Kier molecular flexibility index (Phi) is 9.42. The van der Waals surface area contributed by atoms with Crippen molar-refractivity contribution < 1.29 is 0 Å². The molecule has 6 aromatic carbocycles. The van der Waals surface area contributed by atoms with Crippen LogP contribution in [0.2, 0.25) is 0 Å². The fourth-order valence-corrected chi connectivity index (χ4v) is 7.82. The Morgan fingerprint density at radius 2 is 1.41 bits per heavy atom. The Bertz CT molecular complexity index is 2650. The van der Waals surface area contributed by atoms with E-state index in [1.807, 2.05) is 66.7 Å². The fraction of sp³-hybridized carbons (Fsp3) is 0.100. The summed E-state index contributed by atoms with van der Waals surface area (Å²) in [7, 11) is 0. The third kappa shape index (κ3) is 6.26. The van der Waals surface area contributed by atoms with Gasteiger partial charge in [0.15, 0.2) is 11.7 Å². The van der Waals surface area contributed by atoms with Crippen LogP contribution in [0.4, 0.5) is 0 Å². The van der Waals surface area contributed by atoms with Crippen molar-refractivity contribution >= 4 is 41.4 Å². The van der Waals surface area contributed by atoms with E-state index in [0.29, 0.717) is 18.2 Å². The van der Waals surface area contributed by atoms with Gasteiger partial charge in [0, 0.05) is 27.8 Å². The van der Waals surface area contributed by atoms with Crippen molar-refractivity contribution in [3.05, 3.63) is 196 Å². The van der Waals surface area contributed by atoms with Crippen LogP contribution in [0.1, 0.15) is 57.1 Å². The maximum Gasteiger partial charge on any atom is 0.161 e. The molecule has 54 heavy (non-hydrogen) atoms. The Morgan fingerprint density at radius 1 is 0.704 bits per heavy atom. The Hall–Kier alpha value is -6.65. The molecular formula is C50H42N4. The van der Waals surface area contributed by atoms with Gasteiger partial charge in [-0.05, 0) is 114 Å². The summed E-state index contributed by atoms with van der Waals surface area (Å²) in [5.41, 5.74) is 17.8. The van der Waals surface area contributed by atoms with E-state index in [4.69, 9.17) is 9.98 Å². The topological polar surface area (TPSA) is 42.0 Å². The lowest BCUT2D eigenvalue weighted by atomic mass is 9.94. The van der Waals surface area contributed by atoms with E-state index in [0.717, 1.165) is 34.5 Å². The number of amidine groups is 2. The number of aliphatic imine (C=N–C) groups is 3. The quantitative estimate of drug-likeness (QED) is 0.112. The number of hydrogen-bond acceptors (Lipinski definition) is 1. The van der Waals surface area contributed by atoms with Crippen molar-refractivity contribution in [3.8, 4) is 27.9 Å². The van der Waals surface area contributed by atoms with E-state index in [9.17, 15) is 0 Å². The maximum atomic E-state index is 5.12. The highest BCUT2D eigenvalue weighted by atomic mass is 15.0. The SMILES string of the molecule is C=Cc1c(/C=C\C)n(-c2ccc3c(c2)-c2cccc(CN=C(N=C(N=C)c4ccccc4)c4ccccc4)c2C3)c2cc(C)c(-c3ccccc3C)cc12. The van der Waals surface area contributed by atoms with Crippen molar-refractivity contribution in [2.45, 2.75) is 33.7 Å². The van der Waals surface area contributed by atoms with E-state index < -0.39 is 0 Å². The summed E-state index contributed by atoms with van der Waals surface area (Å²) in [5, 5.41) is 1.20. The van der Waals surface area contributed by atoms with Crippen molar-refractivity contribution in [2.75, 3.05) is 0 Å². The predicted molar refractivity (Wildman–Crippen MR) is 230 cm³/mol. The number of rotatable bonds is 8. The molecular weight excluding hydrogens is 657 g/mol. The molecule has 0 radical (unpaired) electrons. The molecule has 7 aromatic rings. The molecule has 0 atom stereocenters.